The fourth-order valence-corrected chi connectivity index (χ4v) is 4.38. The number of carbonyl (C=O) groups excluding carboxylic acids is 2. The van der Waals surface area contributed by atoms with Crippen molar-refractivity contribution >= 4 is 38.4 Å². The van der Waals surface area contributed by atoms with Crippen LogP contribution in [0.4, 0.5) is 5.13 Å². The normalized spacial score (nSPS) is 11.0. The van der Waals surface area contributed by atoms with E-state index in [2.05, 4.69) is 15.4 Å². The smallest absolute Gasteiger partial charge is 0.295 e. The second kappa shape index (κ2) is 7.25. The third-order valence-corrected chi connectivity index (χ3v) is 5.99. The first kappa shape index (κ1) is 19.0. The first-order chi connectivity index (χ1) is 13.9. The molecule has 0 unspecified atom stereocenters. The zero-order chi connectivity index (χ0) is 20.7. The molecule has 0 aliphatic heterocycles. The minimum absolute atomic E-state index is 0.319. The van der Waals surface area contributed by atoms with Gasteiger partial charge in [-0.15, -0.1) is 0 Å². The lowest BCUT2D eigenvalue weighted by Gasteiger charge is -2.05. The second-order valence-corrected chi connectivity index (χ2v) is 7.97. The Morgan fingerprint density at radius 3 is 2.34 bits per heavy atom. The molecule has 6 nitrogen and oxygen atoms in total. The van der Waals surface area contributed by atoms with Crippen LogP contribution in [0.1, 0.15) is 32.9 Å². The lowest BCUT2D eigenvalue weighted by Crippen LogP contribution is -2.24. The minimum atomic E-state index is -0.710. The minimum Gasteiger partial charge on any atom is -0.295 e. The number of ketones is 1. The molecule has 4 aromatic rings. The Kier molecular flexibility index (Phi) is 4.76. The monoisotopic (exact) mass is 404 g/mol. The van der Waals surface area contributed by atoms with Crippen LogP contribution in [0.5, 0.6) is 0 Å². The molecule has 2 aromatic heterocycles. The first-order valence-electron chi connectivity index (χ1n) is 9.21. The molecule has 7 heteroatoms. The molecule has 0 radical (unpaired) electrons. The summed E-state index contributed by atoms with van der Waals surface area (Å²) in [6, 6.07) is 13.5. The van der Waals surface area contributed by atoms with E-state index in [1.165, 1.54) is 11.3 Å². The Labute approximate surface area is 172 Å². The van der Waals surface area contributed by atoms with Gasteiger partial charge in [-0.3, -0.25) is 14.9 Å². The van der Waals surface area contributed by atoms with E-state index in [0.717, 1.165) is 27.0 Å². The van der Waals surface area contributed by atoms with Crippen molar-refractivity contribution in [3.8, 4) is 5.69 Å². The van der Waals surface area contributed by atoms with Crippen LogP contribution in [-0.4, -0.2) is 26.5 Å². The third-order valence-electron chi connectivity index (χ3n) is 4.89. The largest absolute Gasteiger partial charge is 0.298 e. The van der Waals surface area contributed by atoms with Gasteiger partial charge < -0.3 is 0 Å². The van der Waals surface area contributed by atoms with Crippen molar-refractivity contribution in [2.45, 2.75) is 27.7 Å². The lowest BCUT2D eigenvalue weighted by atomic mass is 10.1. The van der Waals surface area contributed by atoms with Gasteiger partial charge in [0.15, 0.2) is 5.13 Å². The Hall–Kier alpha value is -3.32. The van der Waals surface area contributed by atoms with Crippen LogP contribution >= 0.6 is 11.3 Å². The number of Topliss-reactive ketones (excluding diaryl/α,β-unsaturated/α-hetero) is 1. The predicted octanol–water partition coefficient (Wildman–Crippen LogP) is 4.54. The number of amides is 1. The van der Waals surface area contributed by atoms with Crippen LogP contribution in [0.2, 0.25) is 0 Å². The Balaban J connectivity index is 1.64. The van der Waals surface area contributed by atoms with Crippen LogP contribution in [-0.2, 0) is 4.79 Å². The molecule has 0 spiro atoms. The molecular formula is C22H20N4O2S. The number of benzene rings is 2. The molecule has 29 heavy (non-hydrogen) atoms. The number of nitrogens with one attached hydrogen (secondary N) is 1. The summed E-state index contributed by atoms with van der Waals surface area (Å²) in [5.74, 6) is -1.33. The van der Waals surface area contributed by atoms with E-state index in [-0.39, 0.29) is 0 Å². The summed E-state index contributed by atoms with van der Waals surface area (Å²) < 4.78 is 2.69. The topological polar surface area (TPSA) is 76.9 Å². The number of aromatic nitrogens is 3. The molecule has 0 bridgehead atoms. The molecule has 146 valence electrons. The van der Waals surface area contributed by atoms with Crippen molar-refractivity contribution in [1.82, 2.24) is 14.8 Å². The Morgan fingerprint density at radius 2 is 1.66 bits per heavy atom. The number of fused-ring (bicyclic) bond motifs is 1. The van der Waals surface area contributed by atoms with Crippen LogP contribution in [0.3, 0.4) is 0 Å². The maximum atomic E-state index is 12.9. The van der Waals surface area contributed by atoms with E-state index in [1.54, 1.807) is 18.5 Å². The molecule has 0 atom stereocenters. The summed E-state index contributed by atoms with van der Waals surface area (Å²) in [6.07, 6.45) is 0. The van der Waals surface area contributed by atoms with Crippen LogP contribution in [0, 0.1) is 27.7 Å². The molecule has 2 aromatic carbocycles. The lowest BCUT2D eigenvalue weighted by molar-refractivity contribution is -0.112. The average Bonchev–Trinajstić information content (AvgIpc) is 3.26. The maximum Gasteiger partial charge on any atom is 0.298 e. The van der Waals surface area contributed by atoms with Gasteiger partial charge in [-0.25, -0.2) is 9.67 Å². The quantitative estimate of drug-likeness (QED) is 0.400. The highest BCUT2D eigenvalue weighted by molar-refractivity contribution is 7.22. The molecule has 0 aliphatic carbocycles. The van der Waals surface area contributed by atoms with Crippen molar-refractivity contribution < 1.29 is 9.59 Å². The second-order valence-electron chi connectivity index (χ2n) is 6.97. The van der Waals surface area contributed by atoms with Crippen LogP contribution in [0.25, 0.3) is 15.9 Å². The van der Waals surface area contributed by atoms with E-state index in [1.807, 2.05) is 56.3 Å². The number of hydrogen-bond acceptors (Lipinski definition) is 5. The number of hydrogen-bond donors (Lipinski definition) is 1. The fourth-order valence-electron chi connectivity index (χ4n) is 3.37. The molecule has 0 saturated heterocycles. The molecule has 0 fully saturated rings. The van der Waals surface area contributed by atoms with Gasteiger partial charge in [0.25, 0.3) is 11.7 Å². The summed E-state index contributed by atoms with van der Waals surface area (Å²) in [7, 11) is 0. The molecule has 4 rings (SSSR count). The van der Waals surface area contributed by atoms with Gasteiger partial charge in [0.05, 0.1) is 32.9 Å². The number of aryl methyl sites for hydroxylation is 3. The fraction of sp³-hybridized carbons (Fsp3) is 0.182. The molecule has 0 aliphatic rings. The highest BCUT2D eigenvalue weighted by Gasteiger charge is 2.26. The van der Waals surface area contributed by atoms with Gasteiger partial charge >= 0.3 is 0 Å². The van der Waals surface area contributed by atoms with Crippen molar-refractivity contribution in [3.05, 3.63) is 70.5 Å². The van der Waals surface area contributed by atoms with Gasteiger partial charge in [-0.05, 0) is 51.0 Å². The molecule has 1 N–H and O–H groups in total. The van der Waals surface area contributed by atoms with Gasteiger partial charge in [-0.1, -0.05) is 41.7 Å². The van der Waals surface area contributed by atoms with Gasteiger partial charge in [-0.2, -0.15) is 5.10 Å². The zero-order valence-electron chi connectivity index (χ0n) is 16.6. The third kappa shape index (κ3) is 3.34. The van der Waals surface area contributed by atoms with E-state index in [9.17, 15) is 9.59 Å². The van der Waals surface area contributed by atoms with E-state index in [4.69, 9.17) is 0 Å². The van der Waals surface area contributed by atoms with E-state index in [0.29, 0.717) is 22.1 Å². The SMILES string of the molecule is Cc1nn(-c2ccccc2)c(C)c1C(=O)C(=O)Nc1nc2c(C)ccc(C)c2s1. The average molecular weight is 404 g/mol. The highest BCUT2D eigenvalue weighted by atomic mass is 32.1. The Bertz CT molecular complexity index is 1220. The van der Waals surface area contributed by atoms with Crippen LogP contribution in [0.15, 0.2) is 42.5 Å². The summed E-state index contributed by atoms with van der Waals surface area (Å²) in [5, 5.41) is 7.54. The number of nitrogens with zero attached hydrogens (tertiary/aromatic N) is 3. The van der Waals surface area contributed by atoms with Crippen LogP contribution < -0.4 is 5.32 Å². The highest BCUT2D eigenvalue weighted by Crippen LogP contribution is 2.31. The van der Waals surface area contributed by atoms with Crippen molar-refractivity contribution in [2.24, 2.45) is 0 Å². The summed E-state index contributed by atoms with van der Waals surface area (Å²) >= 11 is 1.37. The van der Waals surface area contributed by atoms with Crippen molar-refractivity contribution in [1.29, 1.82) is 0 Å². The molecule has 2 heterocycles. The van der Waals surface area contributed by atoms with E-state index >= 15 is 0 Å². The summed E-state index contributed by atoms with van der Waals surface area (Å²) in [4.78, 5) is 30.1. The van der Waals surface area contributed by atoms with Crippen molar-refractivity contribution in [2.75, 3.05) is 5.32 Å². The number of carbonyl (C=O) groups is 2. The summed E-state index contributed by atoms with van der Waals surface area (Å²) in [6.45, 7) is 7.50. The van der Waals surface area contributed by atoms with Gasteiger partial charge in [0.1, 0.15) is 0 Å². The predicted molar refractivity (Wildman–Crippen MR) is 115 cm³/mol. The van der Waals surface area contributed by atoms with Gasteiger partial charge in [0.2, 0.25) is 0 Å². The maximum absolute atomic E-state index is 12.9. The number of thiazole rings is 1. The molecular weight excluding hydrogens is 384 g/mol. The molecule has 0 saturated carbocycles. The number of rotatable bonds is 4. The van der Waals surface area contributed by atoms with Crippen molar-refractivity contribution in [3.63, 3.8) is 0 Å². The number of para-hydroxylation sites is 1. The van der Waals surface area contributed by atoms with E-state index < -0.39 is 11.7 Å². The van der Waals surface area contributed by atoms with Gasteiger partial charge in [0, 0.05) is 0 Å². The molecule has 1 amide bonds. The standard InChI is InChI=1S/C22H20N4O2S/c1-12-10-11-13(2)20-18(12)23-22(29-20)24-21(28)19(27)17-14(3)25-26(15(17)4)16-8-6-5-7-9-16/h5-11H,1-4H3,(H,23,24,28). The number of anilines is 1. The zero-order valence-corrected chi connectivity index (χ0v) is 17.4. The summed E-state index contributed by atoms with van der Waals surface area (Å²) in [5.41, 5.74) is 5.27. The Morgan fingerprint density at radius 1 is 0.966 bits per heavy atom. The first-order valence-corrected chi connectivity index (χ1v) is 10.0.